The summed E-state index contributed by atoms with van der Waals surface area (Å²) in [5.74, 6) is -0.445. The van der Waals surface area contributed by atoms with Crippen molar-refractivity contribution in [1.29, 1.82) is 0 Å². The standard InChI is InChI=1S/C22H36N2O4/c1-5-13-23(14-6-2)17-11-21(25)27-19-9-10-20-28-22(26)12-18-24(15-7-3)16-8-4/h5-8H,1-4,9-20H2. The normalized spacial score (nSPS) is 10.5. The van der Waals surface area contributed by atoms with Gasteiger partial charge in [-0.3, -0.25) is 19.4 Å². The van der Waals surface area contributed by atoms with Crippen molar-refractivity contribution in [1.82, 2.24) is 9.80 Å². The Morgan fingerprint density at radius 3 is 1.25 bits per heavy atom. The van der Waals surface area contributed by atoms with Crippen LogP contribution in [0.15, 0.2) is 50.6 Å². The first-order valence-electron chi connectivity index (χ1n) is 9.76. The van der Waals surface area contributed by atoms with Crippen molar-refractivity contribution in [2.45, 2.75) is 25.7 Å². The van der Waals surface area contributed by atoms with E-state index in [2.05, 4.69) is 36.1 Å². The Labute approximate surface area is 170 Å². The lowest BCUT2D eigenvalue weighted by Gasteiger charge is -2.18. The molecule has 28 heavy (non-hydrogen) atoms. The fourth-order valence-corrected chi connectivity index (χ4v) is 2.46. The molecular formula is C22H36N2O4. The zero-order valence-electron chi connectivity index (χ0n) is 17.2. The van der Waals surface area contributed by atoms with Crippen molar-refractivity contribution in [3.05, 3.63) is 50.6 Å². The van der Waals surface area contributed by atoms with E-state index >= 15 is 0 Å². The Hall–Kier alpha value is -2.18. The van der Waals surface area contributed by atoms with Gasteiger partial charge in [0.25, 0.3) is 0 Å². The van der Waals surface area contributed by atoms with Crippen LogP contribution >= 0.6 is 0 Å². The van der Waals surface area contributed by atoms with Crippen LogP contribution in [-0.4, -0.2) is 74.2 Å². The number of carbonyl (C=O) groups excluding carboxylic acids is 2. The maximum atomic E-state index is 11.7. The van der Waals surface area contributed by atoms with Crippen LogP contribution in [0.1, 0.15) is 25.7 Å². The predicted molar refractivity (Wildman–Crippen MR) is 114 cm³/mol. The summed E-state index contributed by atoms with van der Waals surface area (Å²) in [6, 6.07) is 0. The molecule has 6 heteroatoms. The maximum Gasteiger partial charge on any atom is 0.307 e. The largest absolute Gasteiger partial charge is 0.466 e. The molecule has 0 radical (unpaired) electrons. The van der Waals surface area contributed by atoms with Gasteiger partial charge in [-0.05, 0) is 12.8 Å². The zero-order chi connectivity index (χ0) is 21.0. The van der Waals surface area contributed by atoms with E-state index < -0.39 is 0 Å². The molecule has 0 saturated carbocycles. The second-order valence-electron chi connectivity index (χ2n) is 6.32. The average Bonchev–Trinajstić information content (AvgIpc) is 2.67. The van der Waals surface area contributed by atoms with Crippen LogP contribution in [0.3, 0.4) is 0 Å². The van der Waals surface area contributed by atoms with E-state index in [1.165, 1.54) is 0 Å². The highest BCUT2D eigenvalue weighted by Crippen LogP contribution is 1.99. The summed E-state index contributed by atoms with van der Waals surface area (Å²) in [5.41, 5.74) is 0. The van der Waals surface area contributed by atoms with Crippen LogP contribution in [0.4, 0.5) is 0 Å². The van der Waals surface area contributed by atoms with Gasteiger partial charge < -0.3 is 9.47 Å². The Morgan fingerprint density at radius 1 is 0.643 bits per heavy atom. The van der Waals surface area contributed by atoms with E-state index in [1.807, 2.05) is 0 Å². The topological polar surface area (TPSA) is 59.1 Å². The lowest BCUT2D eigenvalue weighted by molar-refractivity contribution is -0.146. The molecule has 0 amide bonds. The van der Waals surface area contributed by atoms with Crippen molar-refractivity contribution in [3.63, 3.8) is 0 Å². The van der Waals surface area contributed by atoms with Gasteiger partial charge in [-0.15, -0.1) is 26.3 Å². The Balaban J connectivity index is 3.73. The first kappa shape index (κ1) is 25.8. The summed E-state index contributed by atoms with van der Waals surface area (Å²) in [6.07, 6.45) is 9.20. The molecule has 0 saturated heterocycles. The van der Waals surface area contributed by atoms with Crippen LogP contribution in [0.2, 0.25) is 0 Å². The van der Waals surface area contributed by atoms with E-state index in [1.54, 1.807) is 24.3 Å². The quantitative estimate of drug-likeness (QED) is 0.191. The smallest absolute Gasteiger partial charge is 0.307 e. The second kappa shape index (κ2) is 18.2. The molecule has 0 rings (SSSR count). The van der Waals surface area contributed by atoms with Crippen LogP contribution < -0.4 is 0 Å². The zero-order valence-corrected chi connectivity index (χ0v) is 17.2. The number of hydrogen-bond donors (Lipinski definition) is 0. The molecule has 0 heterocycles. The van der Waals surface area contributed by atoms with E-state index in [9.17, 15) is 9.59 Å². The molecular weight excluding hydrogens is 356 g/mol. The number of ether oxygens (including phenoxy) is 2. The molecule has 0 aliphatic carbocycles. The minimum Gasteiger partial charge on any atom is -0.466 e. The van der Waals surface area contributed by atoms with Gasteiger partial charge in [-0.1, -0.05) is 24.3 Å². The van der Waals surface area contributed by atoms with Gasteiger partial charge in [0.2, 0.25) is 0 Å². The third-order valence-corrected chi connectivity index (χ3v) is 3.88. The number of unbranched alkanes of at least 4 members (excludes halogenated alkanes) is 1. The number of carbonyl (C=O) groups is 2. The summed E-state index contributed by atoms with van der Waals surface area (Å²) in [4.78, 5) is 27.6. The molecule has 0 aromatic rings. The van der Waals surface area contributed by atoms with Crippen molar-refractivity contribution < 1.29 is 19.1 Å². The van der Waals surface area contributed by atoms with E-state index in [0.717, 1.165) is 0 Å². The van der Waals surface area contributed by atoms with Crippen LogP contribution in [-0.2, 0) is 19.1 Å². The minimum absolute atomic E-state index is 0.223. The van der Waals surface area contributed by atoms with Gasteiger partial charge in [0, 0.05) is 39.3 Å². The molecule has 0 aliphatic heterocycles. The van der Waals surface area contributed by atoms with Crippen LogP contribution in [0, 0.1) is 0 Å². The number of rotatable bonds is 19. The summed E-state index contributed by atoms with van der Waals surface area (Å²) in [5, 5.41) is 0. The monoisotopic (exact) mass is 392 g/mol. The third-order valence-electron chi connectivity index (χ3n) is 3.88. The molecule has 0 spiro atoms. The van der Waals surface area contributed by atoms with E-state index in [-0.39, 0.29) is 11.9 Å². The highest BCUT2D eigenvalue weighted by Gasteiger charge is 2.08. The maximum absolute atomic E-state index is 11.7. The van der Waals surface area contributed by atoms with Gasteiger partial charge in [-0.2, -0.15) is 0 Å². The van der Waals surface area contributed by atoms with Crippen molar-refractivity contribution in [3.8, 4) is 0 Å². The fraction of sp³-hybridized carbons (Fsp3) is 0.545. The van der Waals surface area contributed by atoms with Gasteiger partial charge in [0.1, 0.15) is 0 Å². The number of esters is 2. The third kappa shape index (κ3) is 14.9. The lowest BCUT2D eigenvalue weighted by atomic mass is 10.3. The lowest BCUT2D eigenvalue weighted by Crippen LogP contribution is -2.27. The van der Waals surface area contributed by atoms with Crippen LogP contribution in [0.25, 0.3) is 0 Å². The first-order chi connectivity index (χ1) is 13.6. The summed E-state index contributed by atoms with van der Waals surface area (Å²) in [7, 11) is 0. The molecule has 0 atom stereocenters. The molecule has 0 unspecified atom stereocenters. The predicted octanol–water partition coefficient (Wildman–Crippen LogP) is 2.98. The van der Waals surface area contributed by atoms with Crippen molar-refractivity contribution >= 4 is 11.9 Å². The minimum atomic E-state index is -0.223. The van der Waals surface area contributed by atoms with Crippen LogP contribution in [0.5, 0.6) is 0 Å². The van der Waals surface area contributed by atoms with Gasteiger partial charge in [-0.25, -0.2) is 0 Å². The molecule has 0 fully saturated rings. The molecule has 0 N–H and O–H groups in total. The van der Waals surface area contributed by atoms with E-state index in [4.69, 9.17) is 9.47 Å². The average molecular weight is 393 g/mol. The Morgan fingerprint density at radius 2 is 0.964 bits per heavy atom. The first-order valence-corrected chi connectivity index (χ1v) is 9.76. The highest BCUT2D eigenvalue weighted by molar-refractivity contribution is 5.69. The second-order valence-corrected chi connectivity index (χ2v) is 6.32. The van der Waals surface area contributed by atoms with Gasteiger partial charge in [0.15, 0.2) is 0 Å². The SMILES string of the molecule is C=CCN(CC=C)CCC(=O)OCCCCOC(=O)CCN(CC=C)CC=C. The van der Waals surface area contributed by atoms with Gasteiger partial charge in [0.05, 0.1) is 26.1 Å². The molecule has 158 valence electrons. The van der Waals surface area contributed by atoms with Gasteiger partial charge >= 0.3 is 11.9 Å². The summed E-state index contributed by atoms with van der Waals surface area (Å²) in [6.45, 7) is 19.5. The Kier molecular flexibility index (Phi) is 16.8. The molecule has 0 aliphatic rings. The summed E-state index contributed by atoms with van der Waals surface area (Å²) >= 11 is 0. The fourth-order valence-electron chi connectivity index (χ4n) is 2.46. The highest BCUT2D eigenvalue weighted by atomic mass is 16.5. The molecule has 0 bridgehead atoms. The summed E-state index contributed by atoms with van der Waals surface area (Å²) < 4.78 is 10.4. The molecule has 0 aromatic heterocycles. The molecule has 6 nitrogen and oxygen atoms in total. The number of nitrogens with zero attached hydrogens (tertiary/aromatic N) is 2. The van der Waals surface area contributed by atoms with E-state index in [0.29, 0.717) is 78.2 Å². The Bertz CT molecular complexity index is 427. The number of hydrogen-bond acceptors (Lipinski definition) is 6. The molecule has 0 aromatic carbocycles. The van der Waals surface area contributed by atoms with Crippen molar-refractivity contribution in [2.75, 3.05) is 52.5 Å². The van der Waals surface area contributed by atoms with Crippen molar-refractivity contribution in [2.24, 2.45) is 0 Å².